The van der Waals surface area contributed by atoms with Gasteiger partial charge in [0.25, 0.3) is 5.91 Å². The van der Waals surface area contributed by atoms with Crippen molar-refractivity contribution in [2.24, 2.45) is 0 Å². The maximum Gasteiger partial charge on any atom is 0.261 e. The third kappa shape index (κ3) is 5.00. The standard InChI is InChI=1S/C27H15Cl2N5O3/c28-22-13-30-14-23(29)24(22)32-27(36)21-16-34(26-20(25(21)35)7-2-10-31-26)19-6-1-4-17(12-19)8-9-18-5-3-11-33(37)15-18/h1-7,10-16H,(H,30,32,36). The summed E-state index contributed by atoms with van der Waals surface area (Å²) in [5.41, 5.74) is 1.72. The summed E-state index contributed by atoms with van der Waals surface area (Å²) >= 11 is 12.3. The molecule has 4 heterocycles. The number of amides is 1. The lowest BCUT2D eigenvalue weighted by atomic mass is 10.1. The minimum atomic E-state index is -0.689. The second-order valence-electron chi connectivity index (χ2n) is 7.80. The van der Waals surface area contributed by atoms with Gasteiger partial charge < -0.3 is 15.1 Å². The fourth-order valence-corrected chi connectivity index (χ4v) is 4.10. The van der Waals surface area contributed by atoms with Crippen molar-refractivity contribution in [3.05, 3.63) is 128 Å². The number of carbonyl (C=O) groups is 1. The predicted molar refractivity (Wildman–Crippen MR) is 141 cm³/mol. The molecule has 1 N–H and O–H groups in total. The van der Waals surface area contributed by atoms with Crippen LogP contribution >= 0.6 is 23.2 Å². The van der Waals surface area contributed by atoms with Gasteiger partial charge in [0, 0.05) is 42.1 Å². The lowest BCUT2D eigenvalue weighted by molar-refractivity contribution is -0.605. The second-order valence-corrected chi connectivity index (χ2v) is 8.62. The zero-order valence-corrected chi connectivity index (χ0v) is 20.4. The van der Waals surface area contributed by atoms with Crippen molar-refractivity contribution >= 4 is 45.8 Å². The van der Waals surface area contributed by atoms with E-state index in [4.69, 9.17) is 23.2 Å². The van der Waals surface area contributed by atoms with Gasteiger partial charge in [-0.05, 0) is 36.4 Å². The Morgan fingerprint density at radius 2 is 1.78 bits per heavy atom. The maximum absolute atomic E-state index is 13.2. The molecule has 0 saturated carbocycles. The molecule has 0 bridgehead atoms. The molecular weight excluding hydrogens is 513 g/mol. The van der Waals surface area contributed by atoms with Crippen molar-refractivity contribution in [2.45, 2.75) is 0 Å². The first-order valence-corrected chi connectivity index (χ1v) is 11.6. The molecule has 4 aromatic heterocycles. The van der Waals surface area contributed by atoms with Crippen molar-refractivity contribution in [1.82, 2.24) is 14.5 Å². The summed E-state index contributed by atoms with van der Waals surface area (Å²) < 4.78 is 2.32. The van der Waals surface area contributed by atoms with Gasteiger partial charge in [0.1, 0.15) is 11.2 Å². The first-order chi connectivity index (χ1) is 17.9. The number of nitrogens with one attached hydrogen (secondary N) is 1. The Kier molecular flexibility index (Phi) is 6.56. The van der Waals surface area contributed by atoms with Crippen LogP contribution in [0.25, 0.3) is 16.7 Å². The second kappa shape index (κ2) is 10.1. The number of nitrogens with zero attached hydrogens (tertiary/aromatic N) is 4. The monoisotopic (exact) mass is 527 g/mol. The van der Waals surface area contributed by atoms with Gasteiger partial charge in [-0.1, -0.05) is 41.1 Å². The Balaban J connectivity index is 1.60. The van der Waals surface area contributed by atoms with Gasteiger partial charge in [0.15, 0.2) is 12.4 Å². The van der Waals surface area contributed by atoms with Crippen LogP contribution < -0.4 is 15.5 Å². The Morgan fingerprint density at radius 1 is 1.03 bits per heavy atom. The third-order valence-electron chi connectivity index (χ3n) is 5.35. The molecule has 5 aromatic rings. The number of carbonyl (C=O) groups excluding carboxylic acids is 1. The van der Waals surface area contributed by atoms with Crippen LogP contribution in [0.1, 0.15) is 21.5 Å². The van der Waals surface area contributed by atoms with Crippen LogP contribution in [0.15, 0.2) is 90.5 Å². The van der Waals surface area contributed by atoms with Crippen molar-refractivity contribution in [3.8, 4) is 17.5 Å². The molecule has 10 heteroatoms. The van der Waals surface area contributed by atoms with Crippen LogP contribution in [0.2, 0.25) is 10.0 Å². The highest BCUT2D eigenvalue weighted by Gasteiger charge is 2.19. The quantitative estimate of drug-likeness (QED) is 0.213. The first kappa shape index (κ1) is 24.0. The molecule has 1 aromatic carbocycles. The van der Waals surface area contributed by atoms with Crippen LogP contribution in [-0.4, -0.2) is 20.4 Å². The van der Waals surface area contributed by atoms with E-state index < -0.39 is 11.3 Å². The van der Waals surface area contributed by atoms with Gasteiger partial charge in [-0.15, -0.1) is 0 Å². The molecule has 5 rings (SSSR count). The Bertz CT molecular complexity index is 1790. The van der Waals surface area contributed by atoms with E-state index in [2.05, 4.69) is 27.1 Å². The normalized spacial score (nSPS) is 10.5. The number of halogens is 2. The van der Waals surface area contributed by atoms with Crippen molar-refractivity contribution in [3.63, 3.8) is 0 Å². The van der Waals surface area contributed by atoms with Crippen LogP contribution in [0.4, 0.5) is 5.69 Å². The predicted octanol–water partition coefficient (Wildman–Crippen LogP) is 4.37. The zero-order chi connectivity index (χ0) is 25.9. The van der Waals surface area contributed by atoms with Gasteiger partial charge >= 0.3 is 0 Å². The lowest BCUT2D eigenvalue weighted by Crippen LogP contribution is -2.24. The van der Waals surface area contributed by atoms with E-state index in [0.29, 0.717) is 27.2 Å². The molecule has 0 atom stereocenters. The molecule has 0 aliphatic heterocycles. The molecule has 0 radical (unpaired) electrons. The topological polar surface area (TPSA) is 104 Å². The summed E-state index contributed by atoms with van der Waals surface area (Å²) in [4.78, 5) is 34.7. The smallest absolute Gasteiger partial charge is 0.261 e. The molecule has 1 amide bonds. The van der Waals surface area contributed by atoms with Gasteiger partial charge in [0.2, 0.25) is 5.43 Å². The average molecular weight is 528 g/mol. The van der Waals surface area contributed by atoms with Crippen molar-refractivity contribution in [1.29, 1.82) is 0 Å². The summed E-state index contributed by atoms with van der Waals surface area (Å²) in [6.07, 6.45) is 8.41. The molecule has 0 saturated heterocycles. The minimum Gasteiger partial charge on any atom is -0.619 e. The Labute approximate surface area is 220 Å². The average Bonchev–Trinajstić information content (AvgIpc) is 2.90. The number of anilines is 1. The zero-order valence-electron chi connectivity index (χ0n) is 18.9. The van der Waals surface area contributed by atoms with Gasteiger partial charge in [-0.25, -0.2) is 4.98 Å². The Morgan fingerprint density at radius 3 is 2.57 bits per heavy atom. The van der Waals surface area contributed by atoms with E-state index in [9.17, 15) is 14.8 Å². The van der Waals surface area contributed by atoms with E-state index in [1.807, 2.05) is 6.07 Å². The lowest BCUT2D eigenvalue weighted by Gasteiger charge is -2.14. The maximum atomic E-state index is 13.2. The van der Waals surface area contributed by atoms with E-state index >= 15 is 0 Å². The van der Waals surface area contributed by atoms with Crippen molar-refractivity contribution < 1.29 is 9.52 Å². The Hall–Kier alpha value is -4.71. The highest BCUT2D eigenvalue weighted by atomic mass is 35.5. The van der Waals surface area contributed by atoms with Crippen molar-refractivity contribution in [2.75, 3.05) is 5.32 Å². The third-order valence-corrected chi connectivity index (χ3v) is 5.92. The number of hydrogen-bond acceptors (Lipinski definition) is 5. The summed E-state index contributed by atoms with van der Waals surface area (Å²) in [6, 6.07) is 13.8. The van der Waals surface area contributed by atoms with Gasteiger partial charge in [-0.2, -0.15) is 4.73 Å². The van der Waals surface area contributed by atoms with Crippen LogP contribution in [-0.2, 0) is 0 Å². The first-order valence-electron chi connectivity index (χ1n) is 10.8. The number of rotatable bonds is 3. The number of hydrogen-bond donors (Lipinski definition) is 1. The summed E-state index contributed by atoms with van der Waals surface area (Å²) in [7, 11) is 0. The highest BCUT2D eigenvalue weighted by Crippen LogP contribution is 2.29. The number of benzene rings is 1. The molecule has 0 aliphatic rings. The highest BCUT2D eigenvalue weighted by molar-refractivity contribution is 6.39. The SMILES string of the molecule is O=C(Nc1c(Cl)cncc1Cl)c1cn(-c2cccc(C#Cc3ccc[n+]([O-])c3)c2)c2ncccc2c1=O. The molecule has 37 heavy (non-hydrogen) atoms. The minimum absolute atomic E-state index is 0.134. The summed E-state index contributed by atoms with van der Waals surface area (Å²) in [5.74, 6) is 5.29. The largest absolute Gasteiger partial charge is 0.619 e. The fraction of sp³-hybridized carbons (Fsp3) is 0. The van der Waals surface area contributed by atoms with E-state index in [1.54, 1.807) is 53.2 Å². The van der Waals surface area contributed by atoms with E-state index in [1.165, 1.54) is 31.0 Å². The van der Waals surface area contributed by atoms with Crippen LogP contribution in [0.3, 0.4) is 0 Å². The van der Waals surface area contributed by atoms with Gasteiger partial charge in [0.05, 0.1) is 26.7 Å². The van der Waals surface area contributed by atoms with Crippen LogP contribution in [0.5, 0.6) is 0 Å². The molecular formula is C27H15Cl2N5O3. The number of pyridine rings is 4. The van der Waals surface area contributed by atoms with E-state index in [-0.39, 0.29) is 26.7 Å². The molecule has 0 unspecified atom stereocenters. The fourth-order valence-electron chi connectivity index (χ4n) is 3.64. The molecule has 0 spiro atoms. The molecule has 0 aliphatic carbocycles. The molecule has 180 valence electrons. The molecule has 0 fully saturated rings. The summed E-state index contributed by atoms with van der Waals surface area (Å²) in [6.45, 7) is 0. The van der Waals surface area contributed by atoms with Gasteiger partial charge in [-0.3, -0.25) is 14.6 Å². The number of aromatic nitrogens is 4. The van der Waals surface area contributed by atoms with E-state index in [0.717, 1.165) is 0 Å². The number of fused-ring (bicyclic) bond motifs is 1. The van der Waals surface area contributed by atoms with Crippen LogP contribution in [0, 0.1) is 17.0 Å². The summed E-state index contributed by atoms with van der Waals surface area (Å²) in [5, 5.41) is 14.6. The molecule has 8 nitrogen and oxygen atoms in total.